The molecule has 1 unspecified atom stereocenters. The molecular weight excluding hydrogens is 644 g/mol. The Morgan fingerprint density at radius 1 is 1.06 bits per heavy atom. The van der Waals surface area contributed by atoms with E-state index in [0.29, 0.717) is 5.56 Å². The summed E-state index contributed by atoms with van der Waals surface area (Å²) < 4.78 is 34.6. The van der Waals surface area contributed by atoms with Gasteiger partial charge in [0.15, 0.2) is 31.2 Å². The van der Waals surface area contributed by atoms with Gasteiger partial charge in [-0.2, -0.15) is 0 Å². The van der Waals surface area contributed by atoms with Crippen LogP contribution >= 0.6 is 0 Å². The molecule has 3 aliphatic carbocycles. The van der Waals surface area contributed by atoms with E-state index in [1.54, 1.807) is 20.8 Å². The van der Waals surface area contributed by atoms with Crippen LogP contribution in [0, 0.1) is 23.6 Å². The first-order valence-electron chi connectivity index (χ1n) is 16.9. The topological polar surface area (TPSA) is 119 Å². The minimum absolute atomic E-state index is 0.0159. The standard InChI is InChI=1S/C38H47FN2O7Si/c1-36(2,3)28-24(39)18-22-16-21-17-23-29(41(7)8)32-27(35(40-47-32)46-19-20-14-12-11-13-15-20)34(45)38(23,48-49(9,10)37(4,5)6)33(44)26(21)30(42)25(22)31(28)43/h11-15,18,21,23,26,29,43H,16-17,19H2,1-10H3/t21-,23-,26?,29-,38-/m0/s1. The van der Waals surface area contributed by atoms with Crippen molar-refractivity contribution >= 4 is 25.7 Å². The van der Waals surface area contributed by atoms with E-state index >= 15 is 14.0 Å². The average Bonchev–Trinajstić information content (AvgIpc) is 3.39. The van der Waals surface area contributed by atoms with Crippen LogP contribution in [-0.4, -0.2) is 60.5 Å². The number of hydrogen-bond acceptors (Lipinski definition) is 9. The van der Waals surface area contributed by atoms with Gasteiger partial charge in [-0.15, -0.1) is 0 Å². The summed E-state index contributed by atoms with van der Waals surface area (Å²) in [6.07, 6.45) is 0.427. The highest BCUT2D eigenvalue weighted by Crippen LogP contribution is 2.59. The van der Waals surface area contributed by atoms with E-state index in [-0.39, 0.29) is 47.8 Å². The summed E-state index contributed by atoms with van der Waals surface area (Å²) in [4.78, 5) is 47.1. The Bertz CT molecular complexity index is 1840. The van der Waals surface area contributed by atoms with E-state index in [2.05, 4.69) is 5.16 Å². The zero-order chi connectivity index (χ0) is 36.0. The lowest BCUT2D eigenvalue weighted by Crippen LogP contribution is -2.70. The van der Waals surface area contributed by atoms with Crippen LogP contribution in [0.2, 0.25) is 18.1 Å². The maximum absolute atomic E-state index is 15.5. The maximum Gasteiger partial charge on any atom is 0.265 e. The molecule has 9 nitrogen and oxygen atoms in total. The molecule has 11 heteroatoms. The molecule has 3 aliphatic rings. The number of carbonyl (C=O) groups excluding carboxylic acids is 3. The number of nitrogens with zero attached hydrogens (tertiary/aromatic N) is 2. The van der Waals surface area contributed by atoms with Crippen molar-refractivity contribution in [3.05, 3.63) is 75.8 Å². The predicted octanol–water partition coefficient (Wildman–Crippen LogP) is 7.22. The Morgan fingerprint density at radius 2 is 1.71 bits per heavy atom. The van der Waals surface area contributed by atoms with E-state index in [1.807, 2.05) is 83.2 Å². The van der Waals surface area contributed by atoms with Gasteiger partial charge in [-0.3, -0.25) is 19.3 Å². The summed E-state index contributed by atoms with van der Waals surface area (Å²) in [7, 11) is 0.770. The molecule has 0 saturated heterocycles. The largest absolute Gasteiger partial charge is 0.507 e. The molecule has 6 rings (SSSR count). The monoisotopic (exact) mass is 690 g/mol. The van der Waals surface area contributed by atoms with Crippen molar-refractivity contribution in [2.24, 2.45) is 17.8 Å². The van der Waals surface area contributed by atoms with Crippen LogP contribution in [0.1, 0.15) is 97.2 Å². The van der Waals surface area contributed by atoms with Crippen LogP contribution in [0.25, 0.3) is 0 Å². The number of phenols is 1. The van der Waals surface area contributed by atoms with Crippen LogP contribution in [0.15, 0.2) is 40.9 Å². The van der Waals surface area contributed by atoms with Gasteiger partial charge in [-0.1, -0.05) is 71.9 Å². The number of fused-ring (bicyclic) bond motifs is 4. The molecule has 0 radical (unpaired) electrons. The minimum atomic E-state index is -2.91. The Kier molecular flexibility index (Phi) is 8.40. The highest BCUT2D eigenvalue weighted by Gasteiger charge is 2.70. The molecule has 3 aromatic rings. The summed E-state index contributed by atoms with van der Waals surface area (Å²) >= 11 is 0. The number of ketones is 3. The van der Waals surface area contributed by atoms with E-state index < -0.39 is 77.1 Å². The zero-order valence-corrected chi connectivity index (χ0v) is 31.1. The number of halogens is 1. The lowest BCUT2D eigenvalue weighted by atomic mass is 9.54. The summed E-state index contributed by atoms with van der Waals surface area (Å²) in [5.74, 6) is -5.24. The van der Waals surface area contributed by atoms with Crippen molar-refractivity contribution in [2.75, 3.05) is 14.1 Å². The number of rotatable bonds is 6. The highest BCUT2D eigenvalue weighted by atomic mass is 28.4. The van der Waals surface area contributed by atoms with E-state index in [9.17, 15) is 9.90 Å². The lowest BCUT2D eigenvalue weighted by Gasteiger charge is -2.56. The fraction of sp³-hybridized carbons (Fsp3) is 0.526. The Balaban J connectivity index is 1.54. The molecule has 262 valence electrons. The first-order valence-corrected chi connectivity index (χ1v) is 19.8. The number of phenolic OH excluding ortho intramolecular Hbond substituents is 1. The summed E-state index contributed by atoms with van der Waals surface area (Å²) in [6.45, 7) is 15.4. The number of ether oxygens (including phenoxy) is 1. The molecule has 1 saturated carbocycles. The molecular formula is C38H47FN2O7Si. The van der Waals surface area contributed by atoms with Crippen molar-refractivity contribution in [2.45, 2.75) is 96.2 Å². The molecule has 2 aromatic carbocycles. The second-order valence-corrected chi connectivity index (χ2v) is 21.4. The maximum atomic E-state index is 15.5. The van der Waals surface area contributed by atoms with Crippen LogP contribution in [0.5, 0.6) is 11.6 Å². The third-order valence-electron chi connectivity index (χ3n) is 11.2. The Morgan fingerprint density at radius 3 is 2.31 bits per heavy atom. The van der Waals surface area contributed by atoms with Gasteiger partial charge in [0, 0.05) is 11.5 Å². The molecule has 1 fully saturated rings. The molecule has 0 amide bonds. The third-order valence-corrected chi connectivity index (χ3v) is 15.6. The van der Waals surface area contributed by atoms with Crippen molar-refractivity contribution in [1.82, 2.24) is 10.1 Å². The van der Waals surface area contributed by atoms with E-state index in [1.165, 1.54) is 6.07 Å². The molecule has 0 spiro atoms. The molecule has 49 heavy (non-hydrogen) atoms. The molecule has 5 atom stereocenters. The van der Waals surface area contributed by atoms with Gasteiger partial charge in [0.05, 0.1) is 17.5 Å². The normalized spacial score (nSPS) is 25.5. The summed E-state index contributed by atoms with van der Waals surface area (Å²) in [5, 5.41) is 15.2. The van der Waals surface area contributed by atoms with Crippen molar-refractivity contribution in [3.8, 4) is 11.6 Å². The van der Waals surface area contributed by atoms with Gasteiger partial charge in [0.2, 0.25) is 5.78 Å². The van der Waals surface area contributed by atoms with E-state index in [4.69, 9.17) is 13.7 Å². The van der Waals surface area contributed by atoms with Crippen molar-refractivity contribution < 1.29 is 37.6 Å². The first-order chi connectivity index (χ1) is 22.7. The van der Waals surface area contributed by atoms with Gasteiger partial charge in [0.1, 0.15) is 23.7 Å². The number of aromatic nitrogens is 1. The van der Waals surface area contributed by atoms with Gasteiger partial charge in [0.25, 0.3) is 5.88 Å². The predicted molar refractivity (Wildman–Crippen MR) is 184 cm³/mol. The number of hydrogen-bond donors (Lipinski definition) is 1. The van der Waals surface area contributed by atoms with Crippen molar-refractivity contribution in [3.63, 3.8) is 0 Å². The highest BCUT2D eigenvalue weighted by molar-refractivity contribution is 6.74. The molecule has 0 bridgehead atoms. The van der Waals surface area contributed by atoms with Crippen molar-refractivity contribution in [1.29, 1.82) is 0 Å². The molecule has 1 aromatic heterocycles. The van der Waals surface area contributed by atoms with Gasteiger partial charge < -0.3 is 18.8 Å². The van der Waals surface area contributed by atoms with Crippen LogP contribution in [0.3, 0.4) is 0 Å². The molecule has 0 aliphatic heterocycles. The fourth-order valence-electron chi connectivity index (χ4n) is 7.91. The van der Waals surface area contributed by atoms with E-state index in [0.717, 1.165) is 5.56 Å². The second-order valence-electron chi connectivity index (χ2n) is 16.7. The summed E-state index contributed by atoms with van der Waals surface area (Å²) in [6, 6.07) is 10.1. The smallest absolute Gasteiger partial charge is 0.265 e. The van der Waals surface area contributed by atoms with Gasteiger partial charge in [-0.25, -0.2) is 4.39 Å². The van der Waals surface area contributed by atoms with Crippen LogP contribution < -0.4 is 4.74 Å². The minimum Gasteiger partial charge on any atom is -0.507 e. The van der Waals surface area contributed by atoms with Crippen LogP contribution in [-0.2, 0) is 27.7 Å². The lowest BCUT2D eigenvalue weighted by molar-refractivity contribution is -0.151. The third kappa shape index (κ3) is 5.39. The summed E-state index contributed by atoms with van der Waals surface area (Å²) in [5.41, 5.74) is -1.65. The zero-order valence-electron chi connectivity index (χ0n) is 30.1. The van der Waals surface area contributed by atoms with Gasteiger partial charge in [-0.05, 0) is 78.8 Å². The van der Waals surface area contributed by atoms with Gasteiger partial charge >= 0.3 is 0 Å². The fourth-order valence-corrected chi connectivity index (χ4v) is 9.37. The average molecular weight is 691 g/mol. The molecule has 1 heterocycles. The number of carbonyl (C=O) groups is 3. The number of Topliss-reactive ketones (excluding diaryl/α,β-unsaturated/α-hetero) is 3. The first kappa shape index (κ1) is 35.2. The number of aromatic hydroxyl groups is 1. The Labute approximate surface area is 288 Å². The van der Waals surface area contributed by atoms with Crippen LogP contribution in [0.4, 0.5) is 4.39 Å². The SMILES string of the molecule is CN(C)[C@@H]1c2onc(OCc3ccccc3)c2C(=O)[C@@]2(O[Si](C)(C)C(C)(C)C)C(=O)C3C(=O)c4c(cc(F)c(C(C)(C)C)c4O)C[C@H]3C[C@@H]12. The quantitative estimate of drug-likeness (QED) is 0.211. The molecule has 1 N–H and O–H groups in total. The number of benzene rings is 2. The second kappa shape index (κ2) is 11.7. The Hall–Kier alpha value is -3.67.